The summed E-state index contributed by atoms with van der Waals surface area (Å²) in [6.45, 7) is 34.3. The van der Waals surface area contributed by atoms with Crippen molar-refractivity contribution in [2.45, 2.75) is 149 Å². The third-order valence-corrected chi connectivity index (χ3v) is 17.7. The van der Waals surface area contributed by atoms with Crippen molar-refractivity contribution in [1.29, 1.82) is 0 Å². The normalized spacial score (nSPS) is 19.1. The zero-order valence-electron chi connectivity index (χ0n) is 43.2. The second-order valence-corrected chi connectivity index (χ2v) is 25.6. The molecule has 68 heavy (non-hydrogen) atoms. The maximum Gasteiger partial charge on any atom is 0.252 e. The topological polar surface area (TPSA) is 6.48 Å². The van der Waals surface area contributed by atoms with Crippen molar-refractivity contribution >= 4 is 57.2 Å². The molecule has 0 bridgehead atoms. The van der Waals surface area contributed by atoms with Gasteiger partial charge in [0, 0.05) is 33.9 Å². The molecule has 7 aromatic rings. The van der Waals surface area contributed by atoms with Crippen molar-refractivity contribution < 1.29 is 0 Å². The van der Waals surface area contributed by atoms with Crippen LogP contribution in [-0.4, -0.2) is 6.71 Å². The number of aryl methyl sites for hydroxylation is 1. The van der Waals surface area contributed by atoms with Gasteiger partial charge in [0.25, 0.3) is 6.71 Å². The van der Waals surface area contributed by atoms with Crippen LogP contribution in [0.3, 0.4) is 0 Å². The van der Waals surface area contributed by atoms with Crippen molar-refractivity contribution in [3.63, 3.8) is 0 Å². The quantitative estimate of drug-likeness (QED) is 0.163. The van der Waals surface area contributed by atoms with Crippen LogP contribution < -0.4 is 26.2 Å². The molecular formula is C65H69BN2. The van der Waals surface area contributed by atoms with E-state index in [4.69, 9.17) is 0 Å². The molecule has 0 saturated carbocycles. The predicted molar refractivity (Wildman–Crippen MR) is 293 cm³/mol. The molecule has 0 spiro atoms. The summed E-state index contributed by atoms with van der Waals surface area (Å²) >= 11 is 0. The van der Waals surface area contributed by atoms with Crippen LogP contribution in [0.5, 0.6) is 0 Å². The SMILES string of the molecule is Cc1cc2c(cc1N1c3cc(-c4ccccc4)ccc3B3c4cc5c(cc4N(c4cccc6c4C(C)(C)c4ccccc4-6)c4cc(C(C)(C)C)cc1c43)C(C)(C)CCC5(C)C)C(C)(C)CC2(C)C. The molecule has 2 nitrogen and oxygen atoms in total. The van der Waals surface area contributed by atoms with Crippen LogP contribution in [0.15, 0.2) is 127 Å². The number of hydrogen-bond donors (Lipinski definition) is 0. The van der Waals surface area contributed by atoms with E-state index in [9.17, 15) is 0 Å². The second-order valence-electron chi connectivity index (χ2n) is 25.6. The van der Waals surface area contributed by atoms with E-state index in [0.717, 1.165) is 6.42 Å². The zero-order chi connectivity index (χ0) is 47.8. The van der Waals surface area contributed by atoms with Crippen LogP contribution in [0.2, 0.25) is 0 Å². The Hall–Kier alpha value is -5.80. The molecule has 0 unspecified atom stereocenters. The summed E-state index contributed by atoms with van der Waals surface area (Å²) in [5.74, 6) is 0. The highest BCUT2D eigenvalue weighted by Crippen LogP contribution is 2.58. The summed E-state index contributed by atoms with van der Waals surface area (Å²) in [5, 5.41) is 0. The first-order valence-corrected chi connectivity index (χ1v) is 25.6. The Balaban J connectivity index is 1.24. The molecule has 12 rings (SSSR count). The van der Waals surface area contributed by atoms with E-state index in [-0.39, 0.29) is 39.2 Å². The van der Waals surface area contributed by atoms with Crippen LogP contribution >= 0.6 is 0 Å². The molecule has 2 heterocycles. The summed E-state index contributed by atoms with van der Waals surface area (Å²) in [5.41, 5.74) is 28.6. The Morgan fingerprint density at radius 2 is 1.00 bits per heavy atom. The monoisotopic (exact) mass is 889 g/mol. The van der Waals surface area contributed by atoms with Gasteiger partial charge in [-0.3, -0.25) is 0 Å². The number of rotatable bonds is 3. The van der Waals surface area contributed by atoms with Gasteiger partial charge in [0.1, 0.15) is 0 Å². The molecule has 7 aromatic carbocycles. The maximum atomic E-state index is 2.76. The van der Waals surface area contributed by atoms with Gasteiger partial charge in [-0.25, -0.2) is 0 Å². The molecule has 0 saturated heterocycles. The zero-order valence-corrected chi connectivity index (χ0v) is 43.2. The fourth-order valence-electron chi connectivity index (χ4n) is 14.2. The van der Waals surface area contributed by atoms with Crippen molar-refractivity contribution in [3.8, 4) is 22.3 Å². The Morgan fingerprint density at radius 1 is 0.441 bits per heavy atom. The van der Waals surface area contributed by atoms with Crippen molar-refractivity contribution in [2.24, 2.45) is 0 Å². The van der Waals surface area contributed by atoms with Gasteiger partial charge < -0.3 is 9.80 Å². The average Bonchev–Trinajstić information content (AvgIpc) is 3.63. The van der Waals surface area contributed by atoms with Gasteiger partial charge in [0.15, 0.2) is 0 Å². The first-order valence-electron chi connectivity index (χ1n) is 25.6. The van der Waals surface area contributed by atoms with Crippen LogP contribution in [0.25, 0.3) is 22.3 Å². The molecule has 2 aliphatic heterocycles. The first kappa shape index (κ1) is 43.5. The van der Waals surface area contributed by atoms with Crippen LogP contribution in [0.1, 0.15) is 154 Å². The third kappa shape index (κ3) is 6.02. The van der Waals surface area contributed by atoms with E-state index in [1.165, 1.54) is 130 Å². The second kappa shape index (κ2) is 13.9. The number of nitrogens with zero attached hydrogens (tertiary/aromatic N) is 2. The van der Waals surface area contributed by atoms with E-state index in [1.807, 2.05) is 0 Å². The third-order valence-electron chi connectivity index (χ3n) is 17.7. The van der Waals surface area contributed by atoms with Crippen molar-refractivity contribution in [2.75, 3.05) is 9.80 Å². The summed E-state index contributed by atoms with van der Waals surface area (Å²) in [7, 11) is 0. The minimum atomic E-state index is -0.203. The number of anilines is 6. The fraction of sp³-hybridized carbons (Fsp3) is 0.354. The first-order chi connectivity index (χ1) is 32.0. The molecule has 0 radical (unpaired) electrons. The molecule has 0 atom stereocenters. The Kier molecular flexibility index (Phi) is 8.91. The van der Waals surface area contributed by atoms with E-state index >= 15 is 0 Å². The molecular weight excluding hydrogens is 820 g/mol. The van der Waals surface area contributed by atoms with E-state index < -0.39 is 0 Å². The molecule has 3 aliphatic carbocycles. The minimum Gasteiger partial charge on any atom is -0.311 e. The molecule has 0 fully saturated rings. The van der Waals surface area contributed by atoms with Gasteiger partial charge in [-0.05, 0) is 173 Å². The minimum absolute atomic E-state index is 0.0227. The highest BCUT2D eigenvalue weighted by Gasteiger charge is 2.50. The molecule has 0 N–H and O–H groups in total. The van der Waals surface area contributed by atoms with Gasteiger partial charge in [-0.15, -0.1) is 0 Å². The van der Waals surface area contributed by atoms with Crippen LogP contribution in [-0.2, 0) is 32.5 Å². The van der Waals surface area contributed by atoms with Gasteiger partial charge in [0.2, 0.25) is 0 Å². The summed E-state index contributed by atoms with van der Waals surface area (Å²) < 4.78 is 0. The lowest BCUT2D eigenvalue weighted by atomic mass is 9.33. The average molecular weight is 889 g/mol. The Labute approximate surface area is 407 Å². The fourth-order valence-corrected chi connectivity index (χ4v) is 14.2. The van der Waals surface area contributed by atoms with Gasteiger partial charge >= 0.3 is 0 Å². The summed E-state index contributed by atoms with van der Waals surface area (Å²) in [6, 6.07) is 50.5. The van der Waals surface area contributed by atoms with E-state index in [0.29, 0.717) is 0 Å². The smallest absolute Gasteiger partial charge is 0.252 e. The molecule has 0 aromatic heterocycles. The highest BCUT2D eigenvalue weighted by atomic mass is 15.2. The maximum absolute atomic E-state index is 2.76. The lowest BCUT2D eigenvalue weighted by Crippen LogP contribution is -2.62. The van der Waals surface area contributed by atoms with Gasteiger partial charge in [-0.1, -0.05) is 181 Å². The molecule has 342 valence electrons. The molecule has 5 aliphatic rings. The van der Waals surface area contributed by atoms with Gasteiger partial charge in [0.05, 0.1) is 5.69 Å². The van der Waals surface area contributed by atoms with Crippen molar-refractivity contribution in [3.05, 3.63) is 172 Å². The summed E-state index contributed by atoms with van der Waals surface area (Å²) in [4.78, 5) is 5.47. The Bertz CT molecular complexity index is 3300. The van der Waals surface area contributed by atoms with E-state index in [1.54, 1.807) is 0 Å². The summed E-state index contributed by atoms with van der Waals surface area (Å²) in [6.07, 6.45) is 3.47. The van der Waals surface area contributed by atoms with Crippen molar-refractivity contribution in [1.82, 2.24) is 0 Å². The van der Waals surface area contributed by atoms with Crippen LogP contribution in [0.4, 0.5) is 34.1 Å². The molecule has 0 amide bonds. The predicted octanol–water partition coefficient (Wildman–Crippen LogP) is 15.7. The Morgan fingerprint density at radius 3 is 1.68 bits per heavy atom. The van der Waals surface area contributed by atoms with E-state index in [2.05, 4.69) is 234 Å². The standard InChI is InChI=1S/C65H69BN2/c1-39-31-46-49(64(11,12)38-63(46,9)10)36-53(39)68-54-32-41(40-21-16-15-17-22-40)27-28-50(54)66-51-35-47-48(62(7,8)30-29-61(47,5)6)37-55(51)67(56-33-42(60(2,3)4)34-57(68)59(56)66)52-26-20-24-44-43-23-18-19-25-45(43)65(13,14)58(44)52/h15-28,31-37H,29-30,38H2,1-14H3. The molecule has 3 heteroatoms. The largest absolute Gasteiger partial charge is 0.311 e. The van der Waals surface area contributed by atoms with Crippen LogP contribution in [0, 0.1) is 6.92 Å². The lowest BCUT2D eigenvalue weighted by Gasteiger charge is -2.48. The highest BCUT2D eigenvalue weighted by molar-refractivity contribution is 7.00. The number of hydrogen-bond acceptors (Lipinski definition) is 2. The van der Waals surface area contributed by atoms with Gasteiger partial charge in [-0.2, -0.15) is 0 Å². The number of benzene rings is 7. The number of fused-ring (bicyclic) bond motifs is 9. The lowest BCUT2D eigenvalue weighted by molar-refractivity contribution is 0.332.